The molecule has 0 spiro atoms. The Morgan fingerprint density at radius 1 is 0.846 bits per heavy atom. The van der Waals surface area contributed by atoms with Crippen molar-refractivity contribution >= 4 is 11.4 Å². The van der Waals surface area contributed by atoms with Crippen LogP contribution in [0.5, 0.6) is 11.5 Å². The van der Waals surface area contributed by atoms with E-state index in [2.05, 4.69) is 39.3 Å². The van der Waals surface area contributed by atoms with Gasteiger partial charge < -0.3 is 25.0 Å². The van der Waals surface area contributed by atoms with Gasteiger partial charge in [0.1, 0.15) is 24.4 Å². The van der Waals surface area contributed by atoms with Crippen molar-refractivity contribution in [3.05, 3.63) is 95.7 Å². The van der Waals surface area contributed by atoms with Crippen LogP contribution >= 0.6 is 0 Å². The predicted octanol–water partition coefficient (Wildman–Crippen LogP) is 3.68. The van der Waals surface area contributed by atoms with Crippen molar-refractivity contribution in [3.8, 4) is 17.2 Å². The van der Waals surface area contributed by atoms with Gasteiger partial charge >= 0.3 is 5.69 Å². The van der Waals surface area contributed by atoms with Crippen molar-refractivity contribution < 1.29 is 9.84 Å². The molecule has 1 aliphatic rings. The number of nitrogens with one attached hydrogen (secondary N) is 1. The number of ether oxygens (including phenoxy) is 1. The van der Waals surface area contributed by atoms with Crippen LogP contribution in [-0.4, -0.2) is 64.8 Å². The highest BCUT2D eigenvalue weighted by atomic mass is 16.5. The van der Waals surface area contributed by atoms with Gasteiger partial charge in [0.15, 0.2) is 0 Å². The van der Waals surface area contributed by atoms with Crippen LogP contribution in [0.4, 0.5) is 11.4 Å². The summed E-state index contributed by atoms with van der Waals surface area (Å²) in [6, 6.07) is 25.1. The minimum Gasteiger partial charge on any atom is -0.508 e. The lowest BCUT2D eigenvalue weighted by atomic mass is 10.2. The van der Waals surface area contributed by atoms with Gasteiger partial charge in [0.05, 0.1) is 11.7 Å². The predicted molar refractivity (Wildman–Crippen MR) is 154 cm³/mol. The Hall–Kier alpha value is -4.24. The third kappa shape index (κ3) is 6.26. The average Bonchev–Trinajstić information content (AvgIpc) is 3.37. The van der Waals surface area contributed by atoms with Gasteiger partial charge in [-0.15, -0.1) is 0 Å². The van der Waals surface area contributed by atoms with E-state index in [1.165, 1.54) is 4.68 Å². The average molecular weight is 529 g/mol. The number of phenols is 1. The fourth-order valence-electron chi connectivity index (χ4n) is 4.84. The van der Waals surface area contributed by atoms with Crippen molar-refractivity contribution in [3.63, 3.8) is 0 Å². The van der Waals surface area contributed by atoms with E-state index in [1.807, 2.05) is 61.5 Å². The van der Waals surface area contributed by atoms with Crippen LogP contribution in [0.2, 0.25) is 0 Å². The second kappa shape index (κ2) is 12.1. The molecular weight excluding hydrogens is 492 g/mol. The molecule has 1 aromatic heterocycles. The van der Waals surface area contributed by atoms with Crippen LogP contribution < -0.4 is 25.5 Å². The van der Waals surface area contributed by atoms with Crippen LogP contribution in [0.1, 0.15) is 19.9 Å². The fourth-order valence-corrected chi connectivity index (χ4v) is 4.84. The molecule has 3 aromatic carbocycles. The van der Waals surface area contributed by atoms with Gasteiger partial charge in [-0.25, -0.2) is 14.0 Å². The summed E-state index contributed by atoms with van der Waals surface area (Å²) >= 11 is 0. The Bertz CT molecular complexity index is 1380. The van der Waals surface area contributed by atoms with Crippen LogP contribution in [0.25, 0.3) is 5.69 Å². The second-order valence-electron chi connectivity index (χ2n) is 9.88. The molecule has 2 heterocycles. The van der Waals surface area contributed by atoms with E-state index in [9.17, 15) is 9.90 Å². The highest BCUT2D eigenvalue weighted by molar-refractivity contribution is 5.54. The Kier molecular flexibility index (Phi) is 8.17. The molecule has 0 amide bonds. The van der Waals surface area contributed by atoms with Gasteiger partial charge in [0.25, 0.3) is 0 Å². The number of para-hydroxylation sites is 1. The molecule has 2 N–H and O–H groups in total. The Labute approximate surface area is 228 Å². The van der Waals surface area contributed by atoms with Gasteiger partial charge in [0.2, 0.25) is 0 Å². The Balaban J connectivity index is 1.15. The first kappa shape index (κ1) is 26.4. The van der Waals surface area contributed by atoms with Crippen molar-refractivity contribution in [2.75, 3.05) is 49.1 Å². The number of aromatic hydroxyl groups is 1. The van der Waals surface area contributed by atoms with E-state index in [-0.39, 0.29) is 23.5 Å². The number of benzene rings is 3. The summed E-state index contributed by atoms with van der Waals surface area (Å²) in [4.78, 5) is 17.9. The van der Waals surface area contributed by atoms with Crippen molar-refractivity contribution in [1.82, 2.24) is 19.7 Å². The molecule has 4 aromatic rings. The molecule has 0 radical (unpaired) electrons. The summed E-state index contributed by atoms with van der Waals surface area (Å²) in [6.07, 6.45) is 1.59. The molecule has 0 aliphatic carbocycles. The van der Waals surface area contributed by atoms with Crippen LogP contribution in [0.15, 0.2) is 90.0 Å². The molecule has 1 fully saturated rings. The van der Waals surface area contributed by atoms with Crippen LogP contribution in [0, 0.1) is 0 Å². The summed E-state index contributed by atoms with van der Waals surface area (Å²) in [5.41, 5.74) is 2.89. The molecule has 2 atom stereocenters. The molecule has 1 aliphatic heterocycles. The van der Waals surface area contributed by atoms with Crippen molar-refractivity contribution in [1.29, 1.82) is 0 Å². The molecule has 5 rings (SSSR count). The first-order valence-corrected chi connectivity index (χ1v) is 13.5. The normalized spacial score (nSPS) is 15.2. The zero-order chi connectivity index (χ0) is 27.2. The maximum atomic E-state index is 13.2. The summed E-state index contributed by atoms with van der Waals surface area (Å²) < 4.78 is 8.87. The zero-order valence-corrected chi connectivity index (χ0v) is 22.5. The van der Waals surface area contributed by atoms with Crippen molar-refractivity contribution in [2.24, 2.45) is 0 Å². The largest absolute Gasteiger partial charge is 0.508 e. The zero-order valence-electron chi connectivity index (χ0n) is 22.5. The minimum atomic E-state index is -0.160. The number of hydrogen-bond acceptors (Lipinski definition) is 7. The number of nitrogens with zero attached hydrogens (tertiary/aromatic N) is 5. The molecule has 9 heteroatoms. The van der Waals surface area contributed by atoms with E-state index in [1.54, 1.807) is 23.0 Å². The van der Waals surface area contributed by atoms with Crippen LogP contribution in [0.3, 0.4) is 0 Å². The smallest absolute Gasteiger partial charge is 0.350 e. The summed E-state index contributed by atoms with van der Waals surface area (Å²) in [5, 5.41) is 17.4. The number of piperazine rings is 1. The standard InChI is InChI=1S/C30H36N6O3/c1-23(31-16-21-39-29-6-4-3-5-7-29)24(2)36-30(38)35(22-32-36)27-10-8-25(9-11-27)33-17-19-34(20-18-33)26-12-14-28(37)15-13-26/h3-15,22-24,31,37H,16-21H2,1-2H3/t23-,24-/m1/s1. The molecular formula is C30H36N6O3. The Morgan fingerprint density at radius 3 is 2.03 bits per heavy atom. The highest BCUT2D eigenvalue weighted by Gasteiger charge is 2.20. The third-order valence-corrected chi connectivity index (χ3v) is 7.37. The van der Waals surface area contributed by atoms with Gasteiger partial charge in [-0.05, 0) is 74.5 Å². The SMILES string of the molecule is C[C@H]([C@@H](C)NCCOc1ccccc1)n1ncn(-c2ccc(N3CCN(c4ccc(O)cc4)CC3)cc2)c1=O. The number of rotatable bonds is 10. The summed E-state index contributed by atoms with van der Waals surface area (Å²) in [6.45, 7) is 8.86. The molecule has 39 heavy (non-hydrogen) atoms. The lowest BCUT2D eigenvalue weighted by molar-refractivity contribution is 0.287. The Morgan fingerprint density at radius 2 is 1.41 bits per heavy atom. The van der Waals surface area contributed by atoms with E-state index < -0.39 is 0 Å². The molecule has 204 valence electrons. The number of phenolic OH excluding ortho intramolecular Hbond substituents is 1. The first-order valence-electron chi connectivity index (χ1n) is 13.5. The van der Waals surface area contributed by atoms with E-state index in [4.69, 9.17) is 4.74 Å². The van der Waals surface area contributed by atoms with Gasteiger partial charge in [0, 0.05) is 50.1 Å². The number of hydrogen-bond donors (Lipinski definition) is 2. The van der Waals surface area contributed by atoms with E-state index >= 15 is 0 Å². The lowest BCUT2D eigenvalue weighted by Crippen LogP contribution is -2.46. The third-order valence-electron chi connectivity index (χ3n) is 7.37. The first-order chi connectivity index (χ1) is 19.0. The molecule has 0 saturated carbocycles. The number of aromatic nitrogens is 3. The van der Waals surface area contributed by atoms with Crippen molar-refractivity contribution in [2.45, 2.75) is 25.9 Å². The summed E-state index contributed by atoms with van der Waals surface area (Å²) in [5.74, 6) is 1.13. The number of anilines is 2. The maximum absolute atomic E-state index is 13.2. The fraction of sp³-hybridized carbons (Fsp3) is 0.333. The van der Waals surface area contributed by atoms with Gasteiger partial charge in [-0.1, -0.05) is 18.2 Å². The second-order valence-corrected chi connectivity index (χ2v) is 9.88. The lowest BCUT2D eigenvalue weighted by Gasteiger charge is -2.37. The summed E-state index contributed by atoms with van der Waals surface area (Å²) in [7, 11) is 0. The highest BCUT2D eigenvalue weighted by Crippen LogP contribution is 2.23. The van der Waals surface area contributed by atoms with E-state index in [0.29, 0.717) is 13.2 Å². The van der Waals surface area contributed by atoms with Gasteiger partial charge in [-0.3, -0.25) is 0 Å². The monoisotopic (exact) mass is 528 g/mol. The molecule has 0 bridgehead atoms. The van der Waals surface area contributed by atoms with Crippen LogP contribution in [-0.2, 0) is 0 Å². The topological polar surface area (TPSA) is 87.8 Å². The molecule has 0 unspecified atom stereocenters. The quantitative estimate of drug-likeness (QED) is 0.304. The maximum Gasteiger partial charge on any atom is 0.350 e. The molecule has 9 nitrogen and oxygen atoms in total. The minimum absolute atomic E-state index is 0.0352. The van der Waals surface area contributed by atoms with Gasteiger partial charge in [-0.2, -0.15) is 5.10 Å². The molecule has 1 saturated heterocycles. The van der Waals surface area contributed by atoms with E-state index in [0.717, 1.165) is 49.0 Å².